The molecule has 21 heavy (non-hydrogen) atoms. The van der Waals surface area contributed by atoms with Gasteiger partial charge in [-0.1, -0.05) is 30.3 Å². The lowest BCUT2D eigenvalue weighted by atomic mass is 10.0. The van der Waals surface area contributed by atoms with Crippen molar-refractivity contribution in [1.82, 2.24) is 19.8 Å². The SMILES string of the molecule is CN(C)CCC(NS(=O)(=O)c1cn[nH]c1)c1ccccc1. The summed E-state index contributed by atoms with van der Waals surface area (Å²) < 4.78 is 27.4. The fourth-order valence-electron chi connectivity index (χ4n) is 2.01. The van der Waals surface area contributed by atoms with Gasteiger partial charge < -0.3 is 4.90 Å². The van der Waals surface area contributed by atoms with Crippen molar-refractivity contribution in [1.29, 1.82) is 0 Å². The van der Waals surface area contributed by atoms with E-state index in [0.29, 0.717) is 6.42 Å². The summed E-state index contributed by atoms with van der Waals surface area (Å²) in [6, 6.07) is 9.32. The quantitative estimate of drug-likeness (QED) is 0.810. The second-order valence-electron chi connectivity index (χ2n) is 5.11. The van der Waals surface area contributed by atoms with Crippen LogP contribution in [0.15, 0.2) is 47.6 Å². The lowest BCUT2D eigenvalue weighted by Crippen LogP contribution is -2.30. The van der Waals surface area contributed by atoms with Gasteiger partial charge >= 0.3 is 0 Å². The van der Waals surface area contributed by atoms with Crippen molar-refractivity contribution in [2.45, 2.75) is 17.4 Å². The summed E-state index contributed by atoms with van der Waals surface area (Å²) in [5, 5.41) is 6.21. The Hall–Kier alpha value is -1.70. The minimum Gasteiger partial charge on any atom is -0.309 e. The molecule has 0 fully saturated rings. The molecule has 1 aromatic carbocycles. The normalized spacial score (nSPS) is 13.5. The van der Waals surface area contributed by atoms with Crippen LogP contribution >= 0.6 is 0 Å². The third-order valence-corrected chi connectivity index (χ3v) is 4.59. The van der Waals surface area contributed by atoms with Crippen LogP contribution in [0, 0.1) is 0 Å². The molecule has 0 amide bonds. The molecule has 1 aromatic heterocycles. The van der Waals surface area contributed by atoms with E-state index in [1.807, 2.05) is 49.3 Å². The van der Waals surface area contributed by atoms with Crippen LogP contribution in [0.1, 0.15) is 18.0 Å². The number of benzene rings is 1. The van der Waals surface area contributed by atoms with Crippen LogP contribution in [-0.2, 0) is 10.0 Å². The maximum atomic E-state index is 12.3. The number of rotatable bonds is 7. The highest BCUT2D eigenvalue weighted by Crippen LogP contribution is 2.20. The average molecular weight is 308 g/mol. The van der Waals surface area contributed by atoms with Crippen LogP contribution in [0.4, 0.5) is 0 Å². The summed E-state index contributed by atoms with van der Waals surface area (Å²) >= 11 is 0. The van der Waals surface area contributed by atoms with Gasteiger partial charge in [0.2, 0.25) is 10.0 Å². The average Bonchev–Trinajstić information content (AvgIpc) is 2.99. The first-order chi connectivity index (χ1) is 9.99. The van der Waals surface area contributed by atoms with Crippen molar-refractivity contribution in [2.24, 2.45) is 0 Å². The van der Waals surface area contributed by atoms with Crippen LogP contribution in [0.3, 0.4) is 0 Å². The minimum absolute atomic E-state index is 0.147. The molecule has 0 aliphatic rings. The maximum Gasteiger partial charge on any atom is 0.244 e. The van der Waals surface area contributed by atoms with Gasteiger partial charge in [-0.05, 0) is 32.6 Å². The van der Waals surface area contributed by atoms with Gasteiger partial charge in [-0.25, -0.2) is 13.1 Å². The second kappa shape index (κ2) is 6.84. The molecule has 0 saturated carbocycles. The highest BCUT2D eigenvalue weighted by atomic mass is 32.2. The molecule has 2 N–H and O–H groups in total. The van der Waals surface area contributed by atoms with E-state index in [1.54, 1.807) is 0 Å². The van der Waals surface area contributed by atoms with Crippen molar-refractivity contribution in [2.75, 3.05) is 20.6 Å². The third kappa shape index (κ3) is 4.38. The van der Waals surface area contributed by atoms with Crippen molar-refractivity contribution in [3.63, 3.8) is 0 Å². The number of H-pyrrole nitrogens is 1. The zero-order valence-electron chi connectivity index (χ0n) is 12.2. The van der Waals surface area contributed by atoms with Crippen LogP contribution in [0.5, 0.6) is 0 Å². The summed E-state index contributed by atoms with van der Waals surface area (Å²) in [5.74, 6) is 0. The van der Waals surface area contributed by atoms with E-state index in [9.17, 15) is 8.42 Å². The molecular weight excluding hydrogens is 288 g/mol. The number of nitrogens with one attached hydrogen (secondary N) is 2. The van der Waals surface area contributed by atoms with E-state index in [-0.39, 0.29) is 10.9 Å². The number of aromatic nitrogens is 2. The van der Waals surface area contributed by atoms with Crippen LogP contribution in [0.25, 0.3) is 0 Å². The summed E-state index contributed by atoms with van der Waals surface area (Å²) in [4.78, 5) is 2.18. The van der Waals surface area contributed by atoms with Gasteiger partial charge in [-0.2, -0.15) is 5.10 Å². The van der Waals surface area contributed by atoms with Crippen molar-refractivity contribution >= 4 is 10.0 Å². The Balaban J connectivity index is 2.20. The topological polar surface area (TPSA) is 78.1 Å². The minimum atomic E-state index is -3.57. The van der Waals surface area contributed by atoms with Gasteiger partial charge in [-0.3, -0.25) is 5.10 Å². The van der Waals surface area contributed by atoms with Gasteiger partial charge in [0.25, 0.3) is 0 Å². The van der Waals surface area contributed by atoms with E-state index in [1.165, 1.54) is 12.4 Å². The molecule has 0 bridgehead atoms. The van der Waals surface area contributed by atoms with Crippen LogP contribution in [-0.4, -0.2) is 44.2 Å². The molecule has 2 aromatic rings. The number of nitrogens with zero attached hydrogens (tertiary/aromatic N) is 2. The third-order valence-electron chi connectivity index (χ3n) is 3.15. The Morgan fingerprint density at radius 1 is 1.29 bits per heavy atom. The molecule has 1 unspecified atom stereocenters. The molecule has 1 heterocycles. The van der Waals surface area contributed by atoms with E-state index in [4.69, 9.17) is 0 Å². The largest absolute Gasteiger partial charge is 0.309 e. The Kier molecular flexibility index (Phi) is 5.11. The molecule has 0 aliphatic heterocycles. The predicted octanol–water partition coefficient (Wildman–Crippen LogP) is 1.38. The van der Waals surface area contributed by atoms with Gasteiger partial charge in [0.1, 0.15) is 4.90 Å². The predicted molar refractivity (Wildman–Crippen MR) is 81.3 cm³/mol. The molecule has 0 aliphatic carbocycles. The van der Waals surface area contributed by atoms with Crippen LogP contribution in [0.2, 0.25) is 0 Å². The smallest absolute Gasteiger partial charge is 0.244 e. The molecular formula is C14H20N4O2S. The van der Waals surface area contributed by atoms with Gasteiger partial charge in [-0.15, -0.1) is 0 Å². The van der Waals surface area contributed by atoms with Gasteiger partial charge in [0, 0.05) is 12.2 Å². The Bertz CT molecular complexity index is 639. The fraction of sp³-hybridized carbons (Fsp3) is 0.357. The molecule has 1 atom stereocenters. The van der Waals surface area contributed by atoms with Crippen LogP contribution < -0.4 is 4.72 Å². The summed E-state index contributed by atoms with van der Waals surface area (Å²) in [6.07, 6.45) is 3.36. The van der Waals surface area contributed by atoms with E-state index in [0.717, 1.165) is 12.1 Å². The first-order valence-electron chi connectivity index (χ1n) is 6.70. The molecule has 114 valence electrons. The molecule has 0 spiro atoms. The Morgan fingerprint density at radius 2 is 2.00 bits per heavy atom. The molecule has 7 heteroatoms. The molecule has 2 rings (SSSR count). The van der Waals surface area contributed by atoms with Gasteiger partial charge in [0.05, 0.1) is 6.20 Å². The van der Waals surface area contributed by atoms with Crippen molar-refractivity contribution in [3.8, 4) is 0 Å². The van der Waals surface area contributed by atoms with Gasteiger partial charge in [0.15, 0.2) is 0 Å². The number of hydrogen-bond acceptors (Lipinski definition) is 4. The number of sulfonamides is 1. The lowest BCUT2D eigenvalue weighted by molar-refractivity contribution is 0.375. The highest BCUT2D eigenvalue weighted by molar-refractivity contribution is 7.89. The zero-order chi connectivity index (χ0) is 15.3. The first-order valence-corrected chi connectivity index (χ1v) is 8.18. The fourth-order valence-corrected chi connectivity index (χ4v) is 3.17. The second-order valence-corrected chi connectivity index (χ2v) is 6.82. The van der Waals surface area contributed by atoms with E-state index >= 15 is 0 Å². The van der Waals surface area contributed by atoms with Crippen molar-refractivity contribution in [3.05, 3.63) is 48.3 Å². The Labute approximate surface area is 125 Å². The number of hydrogen-bond donors (Lipinski definition) is 2. The zero-order valence-corrected chi connectivity index (χ0v) is 13.0. The monoisotopic (exact) mass is 308 g/mol. The van der Waals surface area contributed by atoms with E-state index in [2.05, 4.69) is 14.9 Å². The molecule has 6 nitrogen and oxygen atoms in total. The molecule has 0 saturated heterocycles. The summed E-state index contributed by atoms with van der Waals surface area (Å²) in [6.45, 7) is 0.785. The Morgan fingerprint density at radius 3 is 2.57 bits per heavy atom. The lowest BCUT2D eigenvalue weighted by Gasteiger charge is -2.20. The van der Waals surface area contributed by atoms with E-state index < -0.39 is 10.0 Å². The summed E-state index contributed by atoms with van der Waals surface area (Å²) in [7, 11) is 0.355. The summed E-state index contributed by atoms with van der Waals surface area (Å²) in [5.41, 5.74) is 0.950. The molecule has 0 radical (unpaired) electrons. The highest BCUT2D eigenvalue weighted by Gasteiger charge is 2.22. The maximum absolute atomic E-state index is 12.3. The van der Waals surface area contributed by atoms with Crippen molar-refractivity contribution < 1.29 is 8.42 Å². The standard InChI is InChI=1S/C14H20N4O2S/c1-18(2)9-8-14(12-6-4-3-5-7-12)17-21(19,20)13-10-15-16-11-13/h3-7,10-11,14,17H,8-9H2,1-2H3,(H,15,16). The first kappa shape index (κ1) is 15.7. The number of aromatic amines is 1.